The Morgan fingerprint density at radius 3 is 2.36 bits per heavy atom. The van der Waals surface area contributed by atoms with Crippen molar-refractivity contribution < 1.29 is 40.0 Å². The molecule has 4 rings (SSSR count). The molecule has 2 aromatic carbocycles. The summed E-state index contributed by atoms with van der Waals surface area (Å²) in [6, 6.07) is 3.96. The number of carbonyl (C=O) groups is 2. The van der Waals surface area contributed by atoms with Gasteiger partial charge in [0.1, 0.15) is 17.7 Å². The Kier molecular flexibility index (Phi) is 6.84. The fourth-order valence-electron chi connectivity index (χ4n) is 4.45. The van der Waals surface area contributed by atoms with E-state index in [1.807, 2.05) is 0 Å². The van der Waals surface area contributed by atoms with Crippen molar-refractivity contribution in [3.05, 3.63) is 64.7 Å². The van der Waals surface area contributed by atoms with Crippen LogP contribution >= 0.6 is 0 Å². The fourth-order valence-corrected chi connectivity index (χ4v) is 5.12. The topological polar surface area (TPSA) is 83.6 Å². The van der Waals surface area contributed by atoms with Crippen molar-refractivity contribution in [1.29, 1.82) is 0 Å². The molecule has 1 N–H and O–H groups in total. The zero-order valence-corrected chi connectivity index (χ0v) is 19.9. The minimum atomic E-state index is -5.07. The van der Waals surface area contributed by atoms with Gasteiger partial charge >= 0.3 is 6.18 Å². The lowest BCUT2D eigenvalue weighted by Gasteiger charge is -2.27. The standard InChI is InChI=1S/C24H23F5N2O4S/c1-36(34,35)15-5-2-4-14(10-15)23(33)31-9-3-6-20(31)22(32)30-21(13-7-8-13)16-11-19(26)17(12-18(16)25)24(27,28)29/h2,4-5,10-13,20-21H,3,6-9H2,1H3,(H,30,32)/t20-,21?/m1/s1. The number of nitrogens with zero attached hydrogens (tertiary/aromatic N) is 1. The highest BCUT2D eigenvalue weighted by Gasteiger charge is 2.41. The Morgan fingerprint density at radius 2 is 1.75 bits per heavy atom. The zero-order valence-electron chi connectivity index (χ0n) is 19.1. The van der Waals surface area contributed by atoms with Gasteiger partial charge in [0.25, 0.3) is 5.91 Å². The summed E-state index contributed by atoms with van der Waals surface area (Å²) in [5.41, 5.74) is -2.03. The first-order valence-electron chi connectivity index (χ1n) is 11.2. The van der Waals surface area contributed by atoms with Crippen molar-refractivity contribution in [2.45, 2.75) is 48.8 Å². The van der Waals surface area contributed by atoms with Gasteiger partial charge in [-0.15, -0.1) is 0 Å². The minimum Gasteiger partial charge on any atom is -0.347 e. The number of hydrogen-bond donors (Lipinski definition) is 1. The SMILES string of the molecule is CS(=O)(=O)c1cccc(C(=O)N2CCC[C@@H]2C(=O)NC(c2cc(F)c(C(F)(F)F)cc2F)C2CC2)c1. The monoisotopic (exact) mass is 530 g/mol. The third-order valence-corrected chi connectivity index (χ3v) is 7.55. The molecular weight excluding hydrogens is 507 g/mol. The summed E-state index contributed by atoms with van der Waals surface area (Å²) in [6.07, 6.45) is -2.17. The van der Waals surface area contributed by atoms with Gasteiger partial charge < -0.3 is 10.2 Å². The number of rotatable bonds is 6. The van der Waals surface area contributed by atoms with E-state index >= 15 is 0 Å². The molecule has 1 aliphatic heterocycles. The Morgan fingerprint density at radius 1 is 1.06 bits per heavy atom. The van der Waals surface area contributed by atoms with Crippen LogP contribution in [0.5, 0.6) is 0 Å². The van der Waals surface area contributed by atoms with E-state index in [0.29, 0.717) is 25.3 Å². The molecule has 36 heavy (non-hydrogen) atoms. The maximum Gasteiger partial charge on any atom is 0.419 e. The van der Waals surface area contributed by atoms with E-state index in [0.717, 1.165) is 6.26 Å². The molecule has 6 nitrogen and oxygen atoms in total. The van der Waals surface area contributed by atoms with Crippen molar-refractivity contribution >= 4 is 21.7 Å². The van der Waals surface area contributed by atoms with E-state index < -0.39 is 57.1 Å². The number of benzene rings is 2. The normalized spacial score (nSPS) is 19.3. The Labute approximate surface area is 204 Å². The molecule has 1 saturated carbocycles. The van der Waals surface area contributed by atoms with Crippen molar-refractivity contribution in [1.82, 2.24) is 10.2 Å². The fraction of sp³-hybridized carbons (Fsp3) is 0.417. The van der Waals surface area contributed by atoms with Crippen molar-refractivity contribution in [3.8, 4) is 0 Å². The van der Waals surface area contributed by atoms with Crippen LogP contribution in [-0.2, 0) is 20.8 Å². The first-order chi connectivity index (χ1) is 16.8. The van der Waals surface area contributed by atoms with Crippen LogP contribution in [0.4, 0.5) is 22.0 Å². The molecule has 0 aromatic heterocycles. The third-order valence-electron chi connectivity index (χ3n) is 6.44. The Balaban J connectivity index is 1.57. The number of halogens is 5. The van der Waals surface area contributed by atoms with Crippen molar-refractivity contribution in [3.63, 3.8) is 0 Å². The lowest BCUT2D eigenvalue weighted by Crippen LogP contribution is -2.47. The predicted octanol–water partition coefficient (Wildman–Crippen LogP) is 4.26. The quantitative estimate of drug-likeness (QED) is 0.566. The lowest BCUT2D eigenvalue weighted by molar-refractivity contribution is -0.140. The summed E-state index contributed by atoms with van der Waals surface area (Å²) in [5, 5.41) is 2.62. The van der Waals surface area contributed by atoms with Gasteiger partial charge in [-0.2, -0.15) is 13.2 Å². The molecule has 2 amide bonds. The number of likely N-dealkylation sites (tertiary alicyclic amines) is 1. The maximum atomic E-state index is 14.7. The highest BCUT2D eigenvalue weighted by atomic mass is 32.2. The number of hydrogen-bond acceptors (Lipinski definition) is 4. The molecule has 0 spiro atoms. The van der Waals surface area contributed by atoms with E-state index in [4.69, 9.17) is 0 Å². The largest absolute Gasteiger partial charge is 0.419 e. The predicted molar refractivity (Wildman–Crippen MR) is 119 cm³/mol. The van der Waals surface area contributed by atoms with Crippen LogP contribution in [-0.4, -0.2) is 44.0 Å². The molecular formula is C24H23F5N2O4S. The van der Waals surface area contributed by atoms with Crippen molar-refractivity contribution in [2.24, 2.45) is 5.92 Å². The summed E-state index contributed by atoms with van der Waals surface area (Å²) < 4.78 is 91.4. The van der Waals surface area contributed by atoms with Gasteiger partial charge in [-0.3, -0.25) is 9.59 Å². The molecule has 0 bridgehead atoms. The van der Waals surface area contributed by atoms with Gasteiger partial charge in [0, 0.05) is 23.9 Å². The van der Waals surface area contributed by atoms with E-state index in [9.17, 15) is 40.0 Å². The Bertz CT molecular complexity index is 1310. The molecule has 2 atom stereocenters. The average Bonchev–Trinajstić information content (AvgIpc) is 3.52. The number of sulfone groups is 1. The van der Waals surface area contributed by atoms with Crippen molar-refractivity contribution in [2.75, 3.05) is 12.8 Å². The van der Waals surface area contributed by atoms with Crippen LogP contribution in [0.25, 0.3) is 0 Å². The highest BCUT2D eigenvalue weighted by molar-refractivity contribution is 7.90. The van der Waals surface area contributed by atoms with E-state index in [1.54, 1.807) is 0 Å². The maximum absolute atomic E-state index is 14.7. The third kappa shape index (κ3) is 5.37. The van der Waals surface area contributed by atoms with Gasteiger partial charge in [0.05, 0.1) is 16.5 Å². The molecule has 2 aromatic rings. The van der Waals surface area contributed by atoms with Crippen LogP contribution < -0.4 is 5.32 Å². The smallest absolute Gasteiger partial charge is 0.347 e. The van der Waals surface area contributed by atoms with Crippen LogP contribution in [0.2, 0.25) is 0 Å². The molecule has 1 unspecified atom stereocenters. The van der Waals surface area contributed by atoms with E-state index in [-0.39, 0.29) is 41.0 Å². The van der Waals surface area contributed by atoms with Crippen LogP contribution in [0.3, 0.4) is 0 Å². The van der Waals surface area contributed by atoms with Crippen LogP contribution in [0.15, 0.2) is 41.3 Å². The number of carbonyl (C=O) groups excluding carboxylic acids is 2. The Hall–Kier alpha value is -3.02. The summed E-state index contributed by atoms with van der Waals surface area (Å²) in [6.45, 7) is 0.220. The van der Waals surface area contributed by atoms with Gasteiger partial charge in [-0.25, -0.2) is 17.2 Å². The molecule has 194 valence electrons. The van der Waals surface area contributed by atoms with Gasteiger partial charge in [-0.05, 0) is 61.9 Å². The van der Waals surface area contributed by atoms with Gasteiger partial charge in [0.2, 0.25) is 5.91 Å². The molecule has 1 heterocycles. The summed E-state index contributed by atoms with van der Waals surface area (Å²) in [7, 11) is -3.57. The molecule has 12 heteroatoms. The molecule has 1 aliphatic carbocycles. The number of alkyl halides is 3. The second-order valence-corrected chi connectivity index (χ2v) is 11.1. The number of nitrogens with one attached hydrogen (secondary N) is 1. The summed E-state index contributed by atoms with van der Waals surface area (Å²) in [5.74, 6) is -4.40. The van der Waals surface area contributed by atoms with Gasteiger partial charge in [-0.1, -0.05) is 6.07 Å². The van der Waals surface area contributed by atoms with Crippen LogP contribution in [0.1, 0.15) is 53.2 Å². The summed E-state index contributed by atoms with van der Waals surface area (Å²) in [4.78, 5) is 27.5. The molecule has 2 fully saturated rings. The summed E-state index contributed by atoms with van der Waals surface area (Å²) >= 11 is 0. The van der Waals surface area contributed by atoms with E-state index in [2.05, 4.69) is 5.32 Å². The first kappa shape index (κ1) is 26.1. The second-order valence-electron chi connectivity index (χ2n) is 9.13. The highest BCUT2D eigenvalue weighted by Crippen LogP contribution is 2.43. The minimum absolute atomic E-state index is 0.0536. The number of amides is 2. The average molecular weight is 531 g/mol. The molecule has 0 radical (unpaired) electrons. The zero-order chi connectivity index (χ0) is 26.4. The molecule has 1 saturated heterocycles. The second kappa shape index (κ2) is 9.45. The van der Waals surface area contributed by atoms with Crippen LogP contribution in [0, 0.1) is 17.6 Å². The molecule has 2 aliphatic rings. The van der Waals surface area contributed by atoms with E-state index in [1.165, 1.54) is 29.2 Å². The lowest BCUT2D eigenvalue weighted by atomic mass is 9.98. The first-order valence-corrected chi connectivity index (χ1v) is 13.1. The van der Waals surface area contributed by atoms with Gasteiger partial charge in [0.15, 0.2) is 9.84 Å².